The van der Waals surface area contributed by atoms with Crippen LogP contribution < -0.4 is 5.32 Å². The maximum absolute atomic E-state index is 12.8. The van der Waals surface area contributed by atoms with Crippen molar-refractivity contribution < 1.29 is 13.2 Å². The first-order valence-electron chi connectivity index (χ1n) is 5.76. The number of hydrogen-bond acceptors (Lipinski definition) is 4. The van der Waals surface area contributed by atoms with Gasteiger partial charge in [-0.05, 0) is 19.2 Å². The van der Waals surface area contributed by atoms with Gasteiger partial charge in [-0.3, -0.25) is 0 Å². The van der Waals surface area contributed by atoms with Crippen LogP contribution in [-0.2, 0) is 12.6 Å². The predicted octanol–water partition coefficient (Wildman–Crippen LogP) is 3.75. The van der Waals surface area contributed by atoms with Crippen molar-refractivity contribution in [2.24, 2.45) is 0 Å². The molecule has 0 spiro atoms. The third-order valence-electron chi connectivity index (χ3n) is 2.57. The van der Waals surface area contributed by atoms with E-state index in [1.165, 1.54) is 17.4 Å². The molecule has 20 heavy (non-hydrogen) atoms. The maximum Gasteiger partial charge on any atom is 0.417 e. The Morgan fingerprint density at radius 1 is 1.30 bits per heavy atom. The summed E-state index contributed by atoms with van der Waals surface area (Å²) in [7, 11) is 1.83. The van der Waals surface area contributed by atoms with Gasteiger partial charge in [0.25, 0.3) is 0 Å². The van der Waals surface area contributed by atoms with Gasteiger partial charge >= 0.3 is 6.18 Å². The average molecular weight is 366 g/mol. The van der Waals surface area contributed by atoms with Crippen LogP contribution in [0.25, 0.3) is 10.6 Å². The molecule has 0 aliphatic carbocycles. The summed E-state index contributed by atoms with van der Waals surface area (Å²) < 4.78 is 38.6. The van der Waals surface area contributed by atoms with Gasteiger partial charge in [0.15, 0.2) is 0 Å². The zero-order valence-corrected chi connectivity index (χ0v) is 12.9. The molecule has 0 atom stereocenters. The predicted molar refractivity (Wildman–Crippen MR) is 75.7 cm³/mol. The molecule has 0 bridgehead atoms. The number of halogens is 4. The highest BCUT2D eigenvalue weighted by atomic mass is 79.9. The summed E-state index contributed by atoms with van der Waals surface area (Å²) >= 11 is 4.22. The van der Waals surface area contributed by atoms with Gasteiger partial charge in [-0.25, -0.2) is 0 Å². The fourth-order valence-electron chi connectivity index (χ4n) is 1.58. The first-order chi connectivity index (χ1) is 9.41. The van der Waals surface area contributed by atoms with Crippen LogP contribution in [0.15, 0.2) is 22.7 Å². The molecular weight excluding hydrogens is 355 g/mol. The summed E-state index contributed by atoms with van der Waals surface area (Å²) in [6, 6.07) is 4.07. The van der Waals surface area contributed by atoms with E-state index in [1.807, 2.05) is 7.05 Å². The first-order valence-corrected chi connectivity index (χ1v) is 7.37. The zero-order chi connectivity index (χ0) is 14.8. The van der Waals surface area contributed by atoms with Gasteiger partial charge in [0, 0.05) is 23.0 Å². The molecule has 1 N–H and O–H groups in total. The van der Waals surface area contributed by atoms with Crippen LogP contribution in [0.4, 0.5) is 13.2 Å². The molecule has 1 heterocycles. The van der Waals surface area contributed by atoms with Crippen molar-refractivity contribution in [3.63, 3.8) is 0 Å². The normalized spacial score (nSPS) is 11.8. The zero-order valence-electron chi connectivity index (χ0n) is 10.5. The van der Waals surface area contributed by atoms with E-state index in [0.29, 0.717) is 17.0 Å². The lowest BCUT2D eigenvalue weighted by Gasteiger charge is -2.09. The summed E-state index contributed by atoms with van der Waals surface area (Å²) in [5.41, 5.74) is -0.282. The van der Waals surface area contributed by atoms with Crippen LogP contribution in [0.5, 0.6) is 0 Å². The Hall–Kier alpha value is -0.990. The second kappa shape index (κ2) is 6.19. The fourth-order valence-corrected chi connectivity index (χ4v) is 2.89. The number of nitrogens with zero attached hydrogens (tertiary/aromatic N) is 2. The standard InChI is InChI=1S/C12H11BrF3N3S/c1-17-5-4-10-18-19-11(20-10)7-2-3-9(13)8(6-7)12(14,15)16/h2-3,6,17H,4-5H2,1H3. The first kappa shape index (κ1) is 15.4. The summed E-state index contributed by atoms with van der Waals surface area (Å²) in [5.74, 6) is 0. The van der Waals surface area contributed by atoms with Gasteiger partial charge in [-0.2, -0.15) is 13.2 Å². The molecule has 0 unspecified atom stereocenters. The van der Waals surface area contributed by atoms with E-state index < -0.39 is 11.7 Å². The highest BCUT2D eigenvalue weighted by molar-refractivity contribution is 9.10. The van der Waals surface area contributed by atoms with Gasteiger partial charge in [-0.15, -0.1) is 10.2 Å². The van der Waals surface area contributed by atoms with Crippen molar-refractivity contribution >= 4 is 27.3 Å². The molecule has 1 aromatic carbocycles. The minimum absolute atomic E-state index is 0.0219. The van der Waals surface area contributed by atoms with E-state index in [4.69, 9.17) is 0 Å². The Balaban J connectivity index is 2.31. The summed E-state index contributed by atoms with van der Waals surface area (Å²) in [6.45, 7) is 0.753. The van der Waals surface area contributed by atoms with Gasteiger partial charge in [-0.1, -0.05) is 33.3 Å². The van der Waals surface area contributed by atoms with E-state index in [0.717, 1.165) is 17.6 Å². The molecule has 0 saturated heterocycles. The lowest BCUT2D eigenvalue weighted by atomic mass is 10.1. The number of likely N-dealkylation sites (N-methyl/N-ethyl adjacent to an activating group) is 1. The largest absolute Gasteiger partial charge is 0.417 e. The van der Waals surface area contributed by atoms with Crippen LogP contribution in [0.1, 0.15) is 10.6 Å². The smallest absolute Gasteiger partial charge is 0.319 e. The third kappa shape index (κ3) is 3.56. The quantitative estimate of drug-likeness (QED) is 0.896. The molecule has 0 aliphatic rings. The van der Waals surface area contributed by atoms with Crippen LogP contribution in [-0.4, -0.2) is 23.8 Å². The fraction of sp³-hybridized carbons (Fsp3) is 0.333. The molecule has 0 amide bonds. The number of aromatic nitrogens is 2. The topological polar surface area (TPSA) is 37.8 Å². The Labute approximate surface area is 126 Å². The van der Waals surface area contributed by atoms with Gasteiger partial charge < -0.3 is 5.32 Å². The van der Waals surface area contributed by atoms with Gasteiger partial charge in [0.1, 0.15) is 10.0 Å². The minimum atomic E-state index is -4.39. The molecule has 0 fully saturated rings. The molecule has 1 aromatic heterocycles. The van der Waals surface area contributed by atoms with E-state index in [2.05, 4.69) is 31.4 Å². The number of hydrogen-bond donors (Lipinski definition) is 1. The molecule has 108 valence electrons. The van der Waals surface area contributed by atoms with E-state index in [-0.39, 0.29) is 4.47 Å². The lowest BCUT2D eigenvalue weighted by Crippen LogP contribution is -2.09. The monoisotopic (exact) mass is 365 g/mol. The number of alkyl halides is 3. The molecule has 0 aliphatic heterocycles. The van der Waals surface area contributed by atoms with Crippen LogP contribution in [0.3, 0.4) is 0 Å². The van der Waals surface area contributed by atoms with E-state index >= 15 is 0 Å². The third-order valence-corrected chi connectivity index (χ3v) is 4.30. The second-order valence-corrected chi connectivity index (χ2v) is 5.96. The van der Waals surface area contributed by atoms with Crippen molar-refractivity contribution in [1.29, 1.82) is 0 Å². The molecule has 0 saturated carbocycles. The Morgan fingerprint density at radius 3 is 2.70 bits per heavy atom. The summed E-state index contributed by atoms with van der Waals surface area (Å²) in [6.07, 6.45) is -3.69. The Kier molecular flexibility index (Phi) is 4.77. The van der Waals surface area contributed by atoms with Crippen molar-refractivity contribution in [2.75, 3.05) is 13.6 Å². The number of benzene rings is 1. The summed E-state index contributed by atoms with van der Waals surface area (Å²) in [5, 5.41) is 12.2. The number of nitrogens with one attached hydrogen (secondary N) is 1. The average Bonchev–Trinajstić information content (AvgIpc) is 2.84. The maximum atomic E-state index is 12.8. The Morgan fingerprint density at radius 2 is 2.05 bits per heavy atom. The van der Waals surface area contributed by atoms with Crippen LogP contribution in [0, 0.1) is 0 Å². The van der Waals surface area contributed by atoms with Crippen molar-refractivity contribution in [1.82, 2.24) is 15.5 Å². The van der Waals surface area contributed by atoms with Crippen LogP contribution in [0.2, 0.25) is 0 Å². The van der Waals surface area contributed by atoms with Crippen molar-refractivity contribution in [3.8, 4) is 10.6 Å². The lowest BCUT2D eigenvalue weighted by molar-refractivity contribution is -0.138. The SMILES string of the molecule is CNCCc1nnc(-c2ccc(Br)c(C(F)(F)F)c2)s1. The van der Waals surface area contributed by atoms with Crippen molar-refractivity contribution in [2.45, 2.75) is 12.6 Å². The molecule has 8 heteroatoms. The van der Waals surface area contributed by atoms with E-state index in [1.54, 1.807) is 6.07 Å². The van der Waals surface area contributed by atoms with Crippen molar-refractivity contribution in [3.05, 3.63) is 33.2 Å². The minimum Gasteiger partial charge on any atom is -0.319 e. The number of rotatable bonds is 4. The van der Waals surface area contributed by atoms with Gasteiger partial charge in [0.05, 0.1) is 5.56 Å². The molecule has 0 radical (unpaired) electrons. The molecular formula is C12H11BrF3N3S. The highest BCUT2D eigenvalue weighted by Crippen LogP contribution is 2.37. The van der Waals surface area contributed by atoms with E-state index in [9.17, 15) is 13.2 Å². The molecule has 2 aromatic rings. The van der Waals surface area contributed by atoms with Crippen LogP contribution >= 0.6 is 27.3 Å². The molecule has 3 nitrogen and oxygen atoms in total. The Bertz CT molecular complexity index is 598. The molecule has 2 rings (SSSR count). The summed E-state index contributed by atoms with van der Waals surface area (Å²) in [4.78, 5) is 0. The second-order valence-electron chi connectivity index (χ2n) is 4.05. The highest BCUT2D eigenvalue weighted by Gasteiger charge is 2.33. The van der Waals surface area contributed by atoms with Gasteiger partial charge in [0.2, 0.25) is 0 Å².